The number of nitrogens with two attached hydrogens (primary N) is 2. The van der Waals surface area contributed by atoms with E-state index < -0.39 is 123 Å². The summed E-state index contributed by atoms with van der Waals surface area (Å²) in [5.74, 6) is 16.0. The summed E-state index contributed by atoms with van der Waals surface area (Å²) in [5, 5.41) is 19.2. The van der Waals surface area contributed by atoms with Crippen molar-refractivity contribution in [3.63, 3.8) is 0 Å². The van der Waals surface area contributed by atoms with E-state index in [0.29, 0.717) is 49.1 Å². The quantitative estimate of drug-likeness (QED) is 0.0114. The van der Waals surface area contributed by atoms with Gasteiger partial charge in [-0.25, -0.2) is 4.79 Å². The van der Waals surface area contributed by atoms with E-state index in [9.17, 15) is 112 Å². The Balaban J connectivity index is 0.00000142. The Labute approximate surface area is 691 Å². The second-order valence-electron chi connectivity index (χ2n) is 24.4. The van der Waals surface area contributed by atoms with E-state index in [1.807, 2.05) is 0 Å². The SMILES string of the molecule is C#CCCP(=O)(OCC)OCC.CCOP(=O)(CCC#Cc1cc(C(=O)O)ccc1C(F)(F)F)OCC.CCOP(=O)(CCC#Cc1cc(C)ccc1C(F)(F)F)OCC.CCOP(=O)(CCC#Cc1cc(N)ccc1C(F)(F)F)OCC.Cc1ccc(C(F)(F)F)c(C)c1.Cc1ccc(C(F)(F)F)c(N)c1.Cc1ccc(C(F)(F)F)c([N+](=O)[O-])c1. The molecule has 0 radical (unpaired) electrons. The van der Waals surface area contributed by atoms with Crippen molar-refractivity contribution >= 4 is 53.4 Å². The number of alkyl halides is 18. The van der Waals surface area contributed by atoms with Gasteiger partial charge in [0.15, 0.2) is 0 Å². The van der Waals surface area contributed by atoms with Gasteiger partial charge in [-0.2, -0.15) is 79.0 Å². The average molecular weight is 1820 g/mol. The first kappa shape index (κ1) is 112. The molecule has 0 atom stereocenters. The van der Waals surface area contributed by atoms with Gasteiger partial charge < -0.3 is 52.8 Å². The predicted octanol–water partition coefficient (Wildman–Crippen LogP) is 24.8. The fourth-order valence-electron chi connectivity index (χ4n) is 9.55. The number of nitro groups is 1. The van der Waals surface area contributed by atoms with Gasteiger partial charge >= 0.3 is 73.4 Å². The lowest BCUT2D eigenvalue weighted by Crippen LogP contribution is -2.09. The standard InChI is InChI=1S/C16H18F3O5P.C16H20F3O3P.C15H19F3NO3P.C9H9F3.C8H6F3NO2.C8H8F3N.C8H15O3P/c1-3-23-25(22,24-4-2)10-6-5-7-12-11-13(15(20)21)8-9-14(12)16(17,18)19;1-4-21-23(20,22-5-2)11-7-6-8-14-12-13(3)9-10-15(14)16(17,18)19;1-3-21-23(20,22-4-2)10-6-5-7-12-11-13(19)8-9-14(12)15(16,17)18;1-6-3-4-8(7(2)5-6)9(10,11)12;1-5-2-3-6(8(9,10)11)7(4-5)12(13)14;1-5-2-3-6(7(12)4-5)8(9,10)11;1-4-7-8-12(9,10-5-2)11-6-3/h8-9,11H,3-4,6,10H2,1-2H3,(H,20,21);9-10,12H,4-5,7,11H2,1-3H3;8-9,11H,3-4,6,10,19H2,1-2H3;3-5H,1-2H3;2-4H,1H3;2-4H,12H2,1H3;1H,5-8H2,2-3H3. The molecule has 0 heterocycles. The first-order valence-electron chi connectivity index (χ1n) is 36.3. The smallest absolute Gasteiger partial charge is 0.422 e. The van der Waals surface area contributed by atoms with Gasteiger partial charge in [-0.05, 0) is 185 Å². The molecule has 0 bridgehead atoms. The first-order chi connectivity index (χ1) is 55.9. The third-order valence-electron chi connectivity index (χ3n) is 14.6. The molecule has 6 aromatic carbocycles. The fourth-order valence-corrected chi connectivity index (χ4v) is 15.6. The van der Waals surface area contributed by atoms with Crippen LogP contribution in [-0.2, 0) is 91.5 Å². The lowest BCUT2D eigenvalue weighted by Gasteiger charge is -2.15. The Kier molecular flexibility index (Phi) is 49.0. The molecule has 0 unspecified atom stereocenters. The van der Waals surface area contributed by atoms with Crippen molar-refractivity contribution in [1.29, 1.82) is 0 Å². The van der Waals surface area contributed by atoms with Gasteiger partial charge in [0.05, 0.1) is 116 Å². The average Bonchev–Trinajstić information content (AvgIpc) is 0.818. The maximum atomic E-state index is 13.0. The second-order valence-corrected chi connectivity index (χ2v) is 33.1. The number of carbonyl (C=O) groups is 1. The molecule has 672 valence electrons. The molecule has 0 aliphatic carbocycles. The number of nitrogens with zero attached hydrogens (tertiary/aromatic N) is 1. The number of terminal acetylenes is 1. The van der Waals surface area contributed by atoms with E-state index in [1.165, 1.54) is 68.4 Å². The van der Waals surface area contributed by atoms with Crippen LogP contribution in [0.4, 0.5) is 96.1 Å². The number of benzene rings is 6. The second kappa shape index (κ2) is 52.8. The summed E-state index contributed by atoms with van der Waals surface area (Å²) in [7, 11) is -12.7. The van der Waals surface area contributed by atoms with Crippen molar-refractivity contribution in [3.05, 3.63) is 203 Å². The molecule has 0 spiro atoms. The molecule has 0 aliphatic rings. The number of carboxylic acid groups (broad SMARTS) is 1. The molecular formula is C80H95F18N3O16P4. The van der Waals surface area contributed by atoms with Crippen LogP contribution in [-0.4, -0.2) is 93.5 Å². The summed E-state index contributed by atoms with van der Waals surface area (Å²) in [6.45, 7) is 23.8. The molecule has 121 heavy (non-hydrogen) atoms. The molecular weight excluding hydrogens is 1720 g/mol. The molecule has 6 rings (SSSR count). The predicted molar refractivity (Wildman–Crippen MR) is 426 cm³/mol. The van der Waals surface area contributed by atoms with Gasteiger partial charge in [0, 0.05) is 59.8 Å². The molecule has 0 saturated heterocycles. The Morgan fingerprint density at radius 2 is 0.661 bits per heavy atom. The van der Waals surface area contributed by atoms with Crippen molar-refractivity contribution in [1.82, 2.24) is 0 Å². The Bertz CT molecular complexity index is 4530. The van der Waals surface area contributed by atoms with Gasteiger partial charge in [0.25, 0.3) is 5.69 Å². The van der Waals surface area contributed by atoms with Crippen LogP contribution in [0.15, 0.2) is 109 Å². The Morgan fingerprint density at radius 1 is 0.388 bits per heavy atom. The molecule has 0 aliphatic heterocycles. The number of aryl methyl sites for hydroxylation is 5. The van der Waals surface area contributed by atoms with Crippen molar-refractivity contribution < 1.29 is 148 Å². The molecule has 41 heteroatoms. The van der Waals surface area contributed by atoms with Crippen LogP contribution >= 0.6 is 30.4 Å². The number of nitro benzene ring substituents is 1. The number of halogens is 18. The minimum atomic E-state index is -4.68. The summed E-state index contributed by atoms with van der Waals surface area (Å²) in [6.07, 6.45) is -20.9. The first-order valence-corrected chi connectivity index (χ1v) is 43.2. The maximum absolute atomic E-state index is 13.0. The van der Waals surface area contributed by atoms with Crippen molar-refractivity contribution in [2.24, 2.45) is 0 Å². The normalized spacial score (nSPS) is 11.7. The van der Waals surface area contributed by atoms with Gasteiger partial charge in [-0.1, -0.05) is 71.4 Å². The maximum Gasteiger partial charge on any atom is 0.422 e. The van der Waals surface area contributed by atoms with Gasteiger partial charge in [0.2, 0.25) is 0 Å². The lowest BCUT2D eigenvalue weighted by atomic mass is 10.0. The van der Waals surface area contributed by atoms with E-state index in [0.717, 1.165) is 53.6 Å². The van der Waals surface area contributed by atoms with Crippen molar-refractivity contribution in [2.45, 2.75) is 153 Å². The number of rotatable bonds is 26. The lowest BCUT2D eigenvalue weighted by molar-refractivity contribution is -0.388. The van der Waals surface area contributed by atoms with Crippen LogP contribution in [0.1, 0.15) is 169 Å². The summed E-state index contributed by atoms with van der Waals surface area (Å²) >= 11 is 0. The minimum absolute atomic E-state index is 0.0192. The van der Waals surface area contributed by atoms with Gasteiger partial charge in [0.1, 0.15) is 5.56 Å². The van der Waals surface area contributed by atoms with Gasteiger partial charge in [-0.15, -0.1) is 12.3 Å². The molecule has 5 N–H and O–H groups in total. The Hall–Kier alpha value is -8.63. The van der Waals surface area contributed by atoms with E-state index in [4.69, 9.17) is 59.2 Å². The van der Waals surface area contributed by atoms with Crippen LogP contribution in [0.3, 0.4) is 0 Å². The van der Waals surface area contributed by atoms with E-state index >= 15 is 0 Å². The number of hydrogen-bond acceptors (Lipinski definition) is 17. The number of carboxylic acids is 1. The molecule has 6 aromatic rings. The topological polar surface area (TPSA) is 275 Å². The summed E-state index contributed by atoms with van der Waals surface area (Å²) < 4.78 is 315. The fraction of sp³-hybridized carbons (Fsp3) is 0.438. The van der Waals surface area contributed by atoms with E-state index in [2.05, 4.69) is 41.4 Å². The third-order valence-corrected chi connectivity index (χ3v) is 22.9. The zero-order chi connectivity index (χ0) is 93.2. The number of anilines is 2. The molecule has 0 saturated carbocycles. The van der Waals surface area contributed by atoms with Crippen LogP contribution in [0.5, 0.6) is 0 Å². The highest BCUT2D eigenvalue weighted by Gasteiger charge is 2.40. The van der Waals surface area contributed by atoms with Crippen LogP contribution < -0.4 is 11.5 Å². The number of hydrogen-bond donors (Lipinski definition) is 3. The minimum Gasteiger partial charge on any atom is -0.478 e. The van der Waals surface area contributed by atoms with Crippen molar-refractivity contribution in [2.75, 3.05) is 89.0 Å². The highest BCUT2D eigenvalue weighted by molar-refractivity contribution is 7.54. The third kappa shape index (κ3) is 43.8. The monoisotopic (exact) mass is 1820 g/mol. The largest absolute Gasteiger partial charge is 0.478 e. The van der Waals surface area contributed by atoms with Gasteiger partial charge in [-0.3, -0.25) is 28.4 Å². The molecule has 0 aromatic heterocycles. The van der Waals surface area contributed by atoms with E-state index in [1.54, 1.807) is 76.2 Å². The summed E-state index contributed by atoms with van der Waals surface area (Å²) in [4.78, 5) is 20.2. The molecule has 0 amide bonds. The summed E-state index contributed by atoms with van der Waals surface area (Å²) in [6, 6.07) is 20.1. The number of nitrogen functional groups attached to an aromatic ring is 2. The van der Waals surface area contributed by atoms with Crippen molar-refractivity contribution in [3.8, 4) is 47.9 Å². The highest BCUT2D eigenvalue weighted by Crippen LogP contribution is 2.51. The summed E-state index contributed by atoms with van der Waals surface area (Å²) in [5.41, 5.74) is 6.50. The Morgan fingerprint density at radius 3 is 0.967 bits per heavy atom. The van der Waals surface area contributed by atoms with Crippen LogP contribution in [0.25, 0.3) is 0 Å². The molecule has 0 fully saturated rings. The molecule has 19 nitrogen and oxygen atoms in total. The zero-order valence-electron chi connectivity index (χ0n) is 68.0. The highest BCUT2D eigenvalue weighted by atomic mass is 31.2. The van der Waals surface area contributed by atoms with Crippen LogP contribution in [0, 0.1) is 92.6 Å². The van der Waals surface area contributed by atoms with E-state index in [-0.39, 0.29) is 111 Å². The number of aromatic carboxylic acids is 1. The zero-order valence-corrected chi connectivity index (χ0v) is 71.6. The van der Waals surface area contributed by atoms with Crippen LogP contribution in [0.2, 0.25) is 0 Å².